The van der Waals surface area contributed by atoms with Crippen molar-refractivity contribution in [3.8, 4) is 0 Å². The van der Waals surface area contributed by atoms with Crippen LogP contribution in [-0.4, -0.2) is 29.8 Å². The van der Waals surface area contributed by atoms with Gasteiger partial charge >= 0.3 is 0 Å². The SMILES string of the molecule is CC(CS)CN1CCCC1C(C)C. The van der Waals surface area contributed by atoms with E-state index in [4.69, 9.17) is 0 Å². The van der Waals surface area contributed by atoms with Gasteiger partial charge < -0.3 is 0 Å². The van der Waals surface area contributed by atoms with Gasteiger partial charge in [-0.15, -0.1) is 0 Å². The molecule has 0 amide bonds. The maximum Gasteiger partial charge on any atom is 0.0119 e. The lowest BCUT2D eigenvalue weighted by atomic mass is 10.0. The molecular formula is C11H23NS. The topological polar surface area (TPSA) is 3.24 Å². The summed E-state index contributed by atoms with van der Waals surface area (Å²) in [5.74, 6) is 2.57. The highest BCUT2D eigenvalue weighted by molar-refractivity contribution is 7.80. The summed E-state index contributed by atoms with van der Waals surface area (Å²) < 4.78 is 0. The quantitative estimate of drug-likeness (QED) is 0.684. The summed E-state index contributed by atoms with van der Waals surface area (Å²) in [6.07, 6.45) is 2.79. The van der Waals surface area contributed by atoms with Gasteiger partial charge in [-0.3, -0.25) is 4.90 Å². The van der Waals surface area contributed by atoms with Gasteiger partial charge in [-0.1, -0.05) is 20.8 Å². The van der Waals surface area contributed by atoms with Gasteiger partial charge in [-0.2, -0.15) is 12.6 Å². The average Bonchev–Trinajstić information content (AvgIpc) is 2.52. The Kier molecular flexibility index (Phi) is 4.60. The third-order valence-electron chi connectivity index (χ3n) is 3.04. The first kappa shape index (κ1) is 11.4. The Morgan fingerprint density at radius 2 is 2.08 bits per heavy atom. The molecule has 0 aromatic carbocycles. The van der Waals surface area contributed by atoms with Crippen LogP contribution >= 0.6 is 12.6 Å². The Hall–Kier alpha value is 0.310. The summed E-state index contributed by atoms with van der Waals surface area (Å²) >= 11 is 4.34. The Balaban J connectivity index is 2.39. The maximum atomic E-state index is 4.34. The van der Waals surface area contributed by atoms with Gasteiger partial charge in [0.15, 0.2) is 0 Å². The lowest BCUT2D eigenvalue weighted by Crippen LogP contribution is -2.36. The van der Waals surface area contributed by atoms with Gasteiger partial charge in [0.1, 0.15) is 0 Å². The van der Waals surface area contributed by atoms with Crippen molar-refractivity contribution in [1.29, 1.82) is 0 Å². The molecule has 0 radical (unpaired) electrons. The Morgan fingerprint density at radius 1 is 1.38 bits per heavy atom. The second-order valence-electron chi connectivity index (χ2n) is 4.74. The van der Waals surface area contributed by atoms with Crippen LogP contribution in [0, 0.1) is 11.8 Å². The smallest absolute Gasteiger partial charge is 0.0119 e. The molecule has 1 rings (SSSR count). The van der Waals surface area contributed by atoms with Crippen LogP contribution in [0.4, 0.5) is 0 Å². The summed E-state index contributed by atoms with van der Waals surface area (Å²) in [5, 5.41) is 0. The molecule has 0 saturated carbocycles. The number of nitrogens with zero attached hydrogens (tertiary/aromatic N) is 1. The van der Waals surface area contributed by atoms with Gasteiger partial charge in [0.25, 0.3) is 0 Å². The monoisotopic (exact) mass is 201 g/mol. The van der Waals surface area contributed by atoms with Crippen LogP contribution < -0.4 is 0 Å². The zero-order valence-corrected chi connectivity index (χ0v) is 10.1. The summed E-state index contributed by atoms with van der Waals surface area (Å²) in [6, 6.07) is 0.835. The molecule has 0 N–H and O–H groups in total. The minimum absolute atomic E-state index is 0.739. The molecule has 2 unspecified atom stereocenters. The van der Waals surface area contributed by atoms with Crippen molar-refractivity contribution in [2.75, 3.05) is 18.8 Å². The lowest BCUT2D eigenvalue weighted by molar-refractivity contribution is 0.187. The van der Waals surface area contributed by atoms with E-state index in [0.717, 1.165) is 23.6 Å². The second kappa shape index (κ2) is 5.26. The van der Waals surface area contributed by atoms with Gasteiger partial charge in [0.2, 0.25) is 0 Å². The molecule has 0 aliphatic carbocycles. The molecule has 1 saturated heterocycles. The molecule has 0 aromatic rings. The van der Waals surface area contributed by atoms with E-state index in [1.54, 1.807) is 0 Å². The Labute approximate surface area is 88.3 Å². The molecule has 1 aliphatic rings. The minimum Gasteiger partial charge on any atom is -0.300 e. The zero-order valence-electron chi connectivity index (χ0n) is 9.16. The summed E-state index contributed by atoms with van der Waals surface area (Å²) in [4.78, 5) is 2.66. The van der Waals surface area contributed by atoms with Crippen molar-refractivity contribution in [2.24, 2.45) is 11.8 Å². The highest BCUT2D eigenvalue weighted by Crippen LogP contribution is 2.24. The number of hydrogen-bond donors (Lipinski definition) is 1. The van der Waals surface area contributed by atoms with Crippen LogP contribution in [0.5, 0.6) is 0 Å². The van der Waals surface area contributed by atoms with E-state index in [1.807, 2.05) is 0 Å². The van der Waals surface area contributed by atoms with E-state index < -0.39 is 0 Å². The first-order valence-corrected chi connectivity index (χ1v) is 6.13. The lowest BCUT2D eigenvalue weighted by Gasteiger charge is -2.29. The number of thiol groups is 1. The molecule has 13 heavy (non-hydrogen) atoms. The van der Waals surface area contributed by atoms with Crippen molar-refractivity contribution in [2.45, 2.75) is 39.7 Å². The molecule has 0 aromatic heterocycles. The third kappa shape index (κ3) is 3.17. The molecule has 1 nitrogen and oxygen atoms in total. The highest BCUT2D eigenvalue weighted by atomic mass is 32.1. The van der Waals surface area contributed by atoms with Crippen molar-refractivity contribution < 1.29 is 0 Å². The van der Waals surface area contributed by atoms with E-state index >= 15 is 0 Å². The largest absolute Gasteiger partial charge is 0.300 e. The molecule has 2 heteroatoms. The van der Waals surface area contributed by atoms with Gasteiger partial charge in [-0.05, 0) is 37.0 Å². The van der Waals surface area contributed by atoms with Crippen LogP contribution in [0.15, 0.2) is 0 Å². The summed E-state index contributed by atoms with van der Waals surface area (Å²) in [7, 11) is 0. The maximum absolute atomic E-state index is 4.34. The Bertz CT molecular complexity index is 147. The van der Waals surface area contributed by atoms with E-state index in [-0.39, 0.29) is 0 Å². The fourth-order valence-corrected chi connectivity index (χ4v) is 2.41. The molecular weight excluding hydrogens is 178 g/mol. The first-order chi connectivity index (χ1) is 6.15. The van der Waals surface area contributed by atoms with Gasteiger partial charge in [0, 0.05) is 12.6 Å². The highest BCUT2D eigenvalue weighted by Gasteiger charge is 2.27. The van der Waals surface area contributed by atoms with Crippen molar-refractivity contribution in [1.82, 2.24) is 4.90 Å². The third-order valence-corrected chi connectivity index (χ3v) is 3.66. The summed E-state index contributed by atoms with van der Waals surface area (Å²) in [6.45, 7) is 9.53. The predicted molar refractivity (Wildman–Crippen MR) is 62.5 cm³/mol. The normalized spacial score (nSPS) is 27.0. The van der Waals surface area contributed by atoms with E-state index in [1.165, 1.54) is 25.9 Å². The number of rotatable bonds is 4. The Morgan fingerprint density at radius 3 is 2.62 bits per heavy atom. The van der Waals surface area contributed by atoms with Gasteiger partial charge in [0.05, 0.1) is 0 Å². The fourth-order valence-electron chi connectivity index (χ4n) is 2.29. The molecule has 2 atom stereocenters. The van der Waals surface area contributed by atoms with Crippen LogP contribution in [0.25, 0.3) is 0 Å². The molecule has 0 spiro atoms. The number of likely N-dealkylation sites (tertiary alicyclic amines) is 1. The minimum atomic E-state index is 0.739. The zero-order chi connectivity index (χ0) is 9.84. The molecule has 1 heterocycles. The second-order valence-corrected chi connectivity index (χ2v) is 5.10. The standard InChI is InChI=1S/C11H23NS/c1-9(2)11-5-4-6-12(11)7-10(3)8-13/h9-11,13H,4-8H2,1-3H3. The van der Waals surface area contributed by atoms with E-state index in [2.05, 4.69) is 38.3 Å². The van der Waals surface area contributed by atoms with Crippen LogP contribution in [-0.2, 0) is 0 Å². The summed E-state index contributed by atoms with van der Waals surface area (Å²) in [5.41, 5.74) is 0. The fraction of sp³-hybridized carbons (Fsp3) is 1.00. The molecule has 0 bridgehead atoms. The number of hydrogen-bond acceptors (Lipinski definition) is 2. The average molecular weight is 201 g/mol. The predicted octanol–water partition coefficient (Wildman–Crippen LogP) is 2.67. The molecule has 78 valence electrons. The van der Waals surface area contributed by atoms with Crippen LogP contribution in [0.3, 0.4) is 0 Å². The van der Waals surface area contributed by atoms with Crippen molar-refractivity contribution >= 4 is 12.6 Å². The van der Waals surface area contributed by atoms with Gasteiger partial charge in [-0.25, -0.2) is 0 Å². The van der Waals surface area contributed by atoms with Crippen molar-refractivity contribution in [3.05, 3.63) is 0 Å². The van der Waals surface area contributed by atoms with Crippen LogP contribution in [0.1, 0.15) is 33.6 Å². The van der Waals surface area contributed by atoms with E-state index in [9.17, 15) is 0 Å². The first-order valence-electron chi connectivity index (χ1n) is 5.50. The van der Waals surface area contributed by atoms with Crippen molar-refractivity contribution in [3.63, 3.8) is 0 Å². The molecule has 1 fully saturated rings. The van der Waals surface area contributed by atoms with Crippen LogP contribution in [0.2, 0.25) is 0 Å². The van der Waals surface area contributed by atoms with E-state index in [0.29, 0.717) is 0 Å². The molecule has 1 aliphatic heterocycles.